The smallest absolute Gasteiger partial charge is 0.160 e. The van der Waals surface area contributed by atoms with Crippen LogP contribution < -0.4 is 4.90 Å². The van der Waals surface area contributed by atoms with Crippen molar-refractivity contribution in [1.29, 1.82) is 0 Å². The SMILES string of the molecule is Cc1ccc2cc(-c3cc(SN(C)CCc4nnc5ccccn45)ccc3N3CCCC3)[nH]c2c1. The highest BCUT2D eigenvalue weighted by molar-refractivity contribution is 7.97. The molecule has 3 aromatic heterocycles. The van der Waals surface area contributed by atoms with Crippen molar-refractivity contribution in [2.75, 3.05) is 31.6 Å². The maximum absolute atomic E-state index is 4.38. The summed E-state index contributed by atoms with van der Waals surface area (Å²) in [7, 11) is 2.15. The Hall–Kier alpha value is -3.29. The molecule has 7 heteroatoms. The van der Waals surface area contributed by atoms with Crippen LogP contribution in [0.25, 0.3) is 27.8 Å². The van der Waals surface area contributed by atoms with Gasteiger partial charge in [-0.05, 0) is 86.8 Å². The Labute approximate surface area is 210 Å². The maximum Gasteiger partial charge on any atom is 0.160 e. The van der Waals surface area contributed by atoms with Crippen LogP contribution in [0.5, 0.6) is 0 Å². The summed E-state index contributed by atoms with van der Waals surface area (Å²) in [6.45, 7) is 5.29. The molecule has 1 aliphatic rings. The molecular weight excluding hydrogens is 452 g/mol. The first-order chi connectivity index (χ1) is 17.1. The minimum atomic E-state index is 0.842. The van der Waals surface area contributed by atoms with Crippen LogP contribution in [0.15, 0.2) is 71.8 Å². The number of nitrogens with one attached hydrogen (secondary N) is 1. The zero-order chi connectivity index (χ0) is 23.8. The second-order valence-electron chi connectivity index (χ2n) is 9.38. The van der Waals surface area contributed by atoms with Gasteiger partial charge in [-0.2, -0.15) is 0 Å². The average Bonchev–Trinajstić information content (AvgIpc) is 3.62. The number of nitrogens with zero attached hydrogens (tertiary/aromatic N) is 5. The van der Waals surface area contributed by atoms with Crippen LogP contribution in [-0.2, 0) is 6.42 Å². The van der Waals surface area contributed by atoms with Crippen LogP contribution in [0.1, 0.15) is 24.2 Å². The third kappa shape index (κ3) is 4.54. The molecule has 0 aliphatic carbocycles. The lowest BCUT2D eigenvalue weighted by molar-refractivity contribution is 0.557. The van der Waals surface area contributed by atoms with Gasteiger partial charge < -0.3 is 9.88 Å². The molecular formula is C28H30N6S. The zero-order valence-electron chi connectivity index (χ0n) is 20.2. The van der Waals surface area contributed by atoms with Crippen LogP contribution in [0.4, 0.5) is 5.69 Å². The summed E-state index contributed by atoms with van der Waals surface area (Å²) in [5.41, 5.74) is 7.16. The Balaban J connectivity index is 1.25. The molecule has 1 N–H and O–H groups in total. The molecule has 0 unspecified atom stereocenters. The fourth-order valence-electron chi connectivity index (χ4n) is 4.95. The Bertz CT molecular complexity index is 1480. The molecule has 0 atom stereocenters. The summed E-state index contributed by atoms with van der Waals surface area (Å²) in [5, 5.41) is 9.91. The molecule has 0 saturated carbocycles. The Morgan fingerprint density at radius 1 is 1.00 bits per heavy atom. The van der Waals surface area contributed by atoms with Crippen molar-refractivity contribution in [3.8, 4) is 11.3 Å². The Morgan fingerprint density at radius 2 is 1.89 bits per heavy atom. The summed E-state index contributed by atoms with van der Waals surface area (Å²) >= 11 is 1.78. The van der Waals surface area contributed by atoms with E-state index >= 15 is 0 Å². The average molecular weight is 483 g/mol. The van der Waals surface area contributed by atoms with E-state index in [-0.39, 0.29) is 0 Å². The number of pyridine rings is 1. The fourth-order valence-corrected chi connectivity index (χ4v) is 5.79. The van der Waals surface area contributed by atoms with Gasteiger partial charge in [0.2, 0.25) is 0 Å². The molecule has 35 heavy (non-hydrogen) atoms. The molecule has 1 aliphatic heterocycles. The van der Waals surface area contributed by atoms with Gasteiger partial charge in [-0.3, -0.25) is 4.40 Å². The van der Waals surface area contributed by atoms with Gasteiger partial charge in [0.25, 0.3) is 0 Å². The molecule has 1 fully saturated rings. The van der Waals surface area contributed by atoms with Crippen LogP contribution in [-0.4, -0.2) is 50.6 Å². The van der Waals surface area contributed by atoms with Gasteiger partial charge in [-0.1, -0.05) is 18.2 Å². The summed E-state index contributed by atoms with van der Waals surface area (Å²) in [5.74, 6) is 0.992. The summed E-state index contributed by atoms with van der Waals surface area (Å²) < 4.78 is 4.35. The van der Waals surface area contributed by atoms with Crippen molar-refractivity contribution < 1.29 is 0 Å². The second kappa shape index (κ2) is 9.40. The van der Waals surface area contributed by atoms with Crippen molar-refractivity contribution in [2.24, 2.45) is 0 Å². The maximum atomic E-state index is 4.38. The van der Waals surface area contributed by atoms with Crippen LogP contribution in [0.3, 0.4) is 0 Å². The highest BCUT2D eigenvalue weighted by Gasteiger charge is 2.19. The molecule has 6 nitrogen and oxygen atoms in total. The van der Waals surface area contributed by atoms with E-state index < -0.39 is 0 Å². The van der Waals surface area contributed by atoms with E-state index in [0.29, 0.717) is 0 Å². The predicted molar refractivity (Wildman–Crippen MR) is 145 cm³/mol. The third-order valence-electron chi connectivity index (χ3n) is 6.78. The molecule has 1 saturated heterocycles. The van der Waals surface area contributed by atoms with E-state index in [1.54, 1.807) is 11.9 Å². The molecule has 0 radical (unpaired) electrons. The highest BCUT2D eigenvalue weighted by Crippen LogP contribution is 2.37. The lowest BCUT2D eigenvalue weighted by atomic mass is 10.1. The van der Waals surface area contributed by atoms with Gasteiger partial charge in [0.1, 0.15) is 5.82 Å². The van der Waals surface area contributed by atoms with Crippen molar-refractivity contribution in [1.82, 2.24) is 23.9 Å². The number of H-pyrrole nitrogens is 1. The molecule has 5 aromatic rings. The van der Waals surface area contributed by atoms with Crippen LogP contribution in [0, 0.1) is 6.92 Å². The first-order valence-corrected chi connectivity index (χ1v) is 13.1. The van der Waals surface area contributed by atoms with Crippen molar-refractivity contribution >= 4 is 34.2 Å². The van der Waals surface area contributed by atoms with E-state index in [0.717, 1.165) is 37.5 Å². The molecule has 0 amide bonds. The molecule has 0 spiro atoms. The fraction of sp³-hybridized carbons (Fsp3) is 0.286. The number of aromatic amines is 1. The number of likely N-dealkylation sites (N-methyl/N-ethyl adjacent to an activating group) is 1. The molecule has 0 bridgehead atoms. The van der Waals surface area contributed by atoms with Crippen LogP contribution in [0.2, 0.25) is 0 Å². The number of fused-ring (bicyclic) bond motifs is 2. The number of benzene rings is 2. The van der Waals surface area contributed by atoms with E-state index in [2.05, 4.69) is 85.2 Å². The van der Waals surface area contributed by atoms with E-state index in [1.165, 1.54) is 51.1 Å². The first-order valence-electron chi connectivity index (χ1n) is 12.3. The van der Waals surface area contributed by atoms with Gasteiger partial charge >= 0.3 is 0 Å². The minimum Gasteiger partial charge on any atom is -0.371 e. The van der Waals surface area contributed by atoms with Crippen molar-refractivity contribution in [3.63, 3.8) is 0 Å². The van der Waals surface area contributed by atoms with Gasteiger partial charge in [0, 0.05) is 65.0 Å². The number of hydrogen-bond donors (Lipinski definition) is 1. The summed E-state index contributed by atoms with van der Waals surface area (Å²) in [6.07, 6.45) is 5.40. The number of rotatable bonds is 7. The first kappa shape index (κ1) is 22.2. The second-order valence-corrected chi connectivity index (χ2v) is 10.7. The van der Waals surface area contributed by atoms with E-state index in [4.69, 9.17) is 0 Å². The van der Waals surface area contributed by atoms with E-state index in [9.17, 15) is 0 Å². The van der Waals surface area contributed by atoms with Gasteiger partial charge in [0.15, 0.2) is 5.65 Å². The van der Waals surface area contributed by atoms with Gasteiger partial charge in [-0.15, -0.1) is 10.2 Å². The number of anilines is 1. The zero-order valence-corrected chi connectivity index (χ0v) is 21.1. The topological polar surface area (TPSA) is 52.5 Å². The highest BCUT2D eigenvalue weighted by atomic mass is 32.2. The van der Waals surface area contributed by atoms with Crippen molar-refractivity contribution in [3.05, 3.63) is 78.2 Å². The molecule has 178 valence electrons. The van der Waals surface area contributed by atoms with Gasteiger partial charge in [-0.25, -0.2) is 4.31 Å². The van der Waals surface area contributed by atoms with E-state index in [1.807, 2.05) is 24.4 Å². The largest absolute Gasteiger partial charge is 0.371 e. The normalized spacial score (nSPS) is 14.1. The van der Waals surface area contributed by atoms with Gasteiger partial charge in [0.05, 0.1) is 0 Å². The molecule has 2 aromatic carbocycles. The monoisotopic (exact) mass is 482 g/mol. The summed E-state index contributed by atoms with van der Waals surface area (Å²) in [6, 6.07) is 21.8. The Kier molecular flexibility index (Phi) is 5.96. The lowest BCUT2D eigenvalue weighted by Crippen LogP contribution is -2.18. The quantitative estimate of drug-likeness (QED) is 0.290. The minimum absolute atomic E-state index is 0.842. The number of aryl methyl sites for hydroxylation is 1. The molecule has 6 rings (SSSR count). The Morgan fingerprint density at radius 3 is 2.77 bits per heavy atom. The van der Waals surface area contributed by atoms with Crippen LogP contribution >= 0.6 is 11.9 Å². The van der Waals surface area contributed by atoms with Crippen molar-refractivity contribution in [2.45, 2.75) is 31.1 Å². The predicted octanol–water partition coefficient (Wildman–Crippen LogP) is 5.97. The standard InChI is InChI=1S/C28H30N6S/c1-20-8-9-21-18-25(29-24(21)17-20)23-19-22(10-11-26(23)33-13-5-6-14-33)35-32(2)16-12-28-31-30-27-7-3-4-15-34(27)28/h3-4,7-11,15,17-19,29H,5-6,12-14,16H2,1-2H3. The third-order valence-corrected chi connectivity index (χ3v) is 7.74. The summed E-state index contributed by atoms with van der Waals surface area (Å²) in [4.78, 5) is 7.46. The lowest BCUT2D eigenvalue weighted by Gasteiger charge is -2.22. The number of hydrogen-bond acceptors (Lipinski definition) is 5. The molecule has 4 heterocycles. The number of aromatic nitrogens is 4.